The average Bonchev–Trinajstić information content (AvgIpc) is 2.30. The number of hydrogen-bond donors (Lipinski definition) is 0. The highest BCUT2D eigenvalue weighted by Gasteiger charge is 2.40. The third-order valence-corrected chi connectivity index (χ3v) is 2.85. The van der Waals surface area contributed by atoms with Gasteiger partial charge in [-0.3, -0.25) is 9.78 Å². The van der Waals surface area contributed by atoms with Crippen molar-refractivity contribution in [2.45, 2.75) is 19.4 Å². The second-order valence-corrected chi connectivity index (χ2v) is 3.84. The van der Waals surface area contributed by atoms with E-state index in [-0.39, 0.29) is 11.4 Å². The number of carbonyl (C=O) groups excluding carboxylic acids is 1. The van der Waals surface area contributed by atoms with E-state index in [0.717, 1.165) is 11.1 Å². The minimum absolute atomic E-state index is 0.0631. The Labute approximate surface area is 77.4 Å². The highest BCUT2D eigenvalue weighted by atomic mass is 16.2. The molecule has 0 aliphatic carbocycles. The Morgan fingerprint density at radius 3 is 2.77 bits per heavy atom. The van der Waals surface area contributed by atoms with E-state index in [0.29, 0.717) is 0 Å². The lowest BCUT2D eigenvalue weighted by molar-refractivity contribution is 0.0691. The molecular weight excluding hydrogens is 164 g/mol. The van der Waals surface area contributed by atoms with Gasteiger partial charge >= 0.3 is 0 Å². The van der Waals surface area contributed by atoms with E-state index >= 15 is 0 Å². The van der Waals surface area contributed by atoms with Gasteiger partial charge in [0.2, 0.25) is 0 Å². The smallest absolute Gasteiger partial charge is 0.256 e. The van der Waals surface area contributed by atoms with Crippen LogP contribution in [0.5, 0.6) is 0 Å². The highest BCUT2D eigenvalue weighted by Crippen LogP contribution is 2.36. The maximum Gasteiger partial charge on any atom is 0.256 e. The molecule has 0 fully saturated rings. The molecule has 0 radical (unpaired) electrons. The Kier molecular flexibility index (Phi) is 1.46. The molecule has 1 aliphatic heterocycles. The standard InChI is InChI=1S/C10H12N2O/c1-10(2)8-4-5-11-6-7(8)9(13)12(10)3/h4-6H,1-3H3. The van der Waals surface area contributed by atoms with Gasteiger partial charge in [0.05, 0.1) is 11.1 Å². The largest absolute Gasteiger partial charge is 0.332 e. The lowest BCUT2D eigenvalue weighted by atomic mass is 9.95. The first-order valence-corrected chi connectivity index (χ1v) is 4.28. The van der Waals surface area contributed by atoms with Crippen LogP contribution in [0.25, 0.3) is 0 Å². The fraction of sp³-hybridized carbons (Fsp3) is 0.400. The molecular formula is C10H12N2O. The molecule has 0 spiro atoms. The lowest BCUT2D eigenvalue weighted by Crippen LogP contribution is -2.35. The van der Waals surface area contributed by atoms with Crippen molar-refractivity contribution in [3.8, 4) is 0 Å². The third-order valence-electron chi connectivity index (χ3n) is 2.85. The van der Waals surface area contributed by atoms with E-state index in [1.807, 2.05) is 27.0 Å². The van der Waals surface area contributed by atoms with Gasteiger partial charge in [-0.2, -0.15) is 0 Å². The fourth-order valence-corrected chi connectivity index (χ4v) is 1.71. The highest BCUT2D eigenvalue weighted by molar-refractivity contribution is 5.99. The zero-order valence-electron chi connectivity index (χ0n) is 8.03. The van der Waals surface area contributed by atoms with Crippen LogP contribution in [0.4, 0.5) is 0 Å². The van der Waals surface area contributed by atoms with Crippen LogP contribution < -0.4 is 0 Å². The van der Waals surface area contributed by atoms with Crippen LogP contribution in [0.2, 0.25) is 0 Å². The Hall–Kier alpha value is -1.38. The summed E-state index contributed by atoms with van der Waals surface area (Å²) in [5.41, 5.74) is 1.60. The number of aromatic nitrogens is 1. The van der Waals surface area contributed by atoms with Gasteiger partial charge < -0.3 is 4.90 Å². The zero-order chi connectivity index (χ0) is 9.64. The van der Waals surface area contributed by atoms with Gasteiger partial charge in [-0.05, 0) is 25.5 Å². The van der Waals surface area contributed by atoms with Gasteiger partial charge in [-0.25, -0.2) is 0 Å². The Balaban J connectivity index is 2.68. The molecule has 1 aromatic heterocycles. The number of amides is 1. The molecule has 2 rings (SSSR count). The van der Waals surface area contributed by atoms with Crippen LogP contribution in [0, 0.1) is 0 Å². The van der Waals surface area contributed by atoms with E-state index in [9.17, 15) is 4.79 Å². The summed E-state index contributed by atoms with van der Waals surface area (Å²) in [6, 6.07) is 1.91. The number of carbonyl (C=O) groups is 1. The van der Waals surface area contributed by atoms with E-state index in [4.69, 9.17) is 0 Å². The van der Waals surface area contributed by atoms with Crippen LogP contribution in [0.3, 0.4) is 0 Å². The summed E-state index contributed by atoms with van der Waals surface area (Å²) in [4.78, 5) is 17.4. The molecule has 0 unspecified atom stereocenters. The van der Waals surface area contributed by atoms with Crippen molar-refractivity contribution < 1.29 is 4.79 Å². The molecule has 0 saturated carbocycles. The summed E-state index contributed by atoms with van der Waals surface area (Å²) in [6.45, 7) is 4.08. The van der Waals surface area contributed by atoms with Gasteiger partial charge in [-0.1, -0.05) is 0 Å². The molecule has 0 N–H and O–H groups in total. The summed E-state index contributed by atoms with van der Waals surface area (Å²) in [6.07, 6.45) is 3.37. The van der Waals surface area contributed by atoms with Crippen molar-refractivity contribution in [3.05, 3.63) is 29.6 Å². The van der Waals surface area contributed by atoms with Crippen LogP contribution >= 0.6 is 0 Å². The molecule has 1 aromatic rings. The minimum Gasteiger partial charge on any atom is -0.332 e. The molecule has 1 amide bonds. The third kappa shape index (κ3) is 0.899. The monoisotopic (exact) mass is 176 g/mol. The van der Waals surface area contributed by atoms with Crippen LogP contribution in [-0.4, -0.2) is 22.8 Å². The van der Waals surface area contributed by atoms with Gasteiger partial charge in [0, 0.05) is 19.4 Å². The molecule has 0 aromatic carbocycles. The van der Waals surface area contributed by atoms with E-state index in [1.54, 1.807) is 17.3 Å². The maximum atomic E-state index is 11.7. The Morgan fingerprint density at radius 2 is 2.15 bits per heavy atom. The minimum atomic E-state index is -0.199. The number of nitrogens with zero attached hydrogens (tertiary/aromatic N) is 2. The molecule has 2 heterocycles. The van der Waals surface area contributed by atoms with E-state index in [1.165, 1.54) is 0 Å². The second-order valence-electron chi connectivity index (χ2n) is 3.84. The lowest BCUT2D eigenvalue weighted by Gasteiger charge is -2.28. The molecule has 0 saturated heterocycles. The first-order chi connectivity index (χ1) is 6.05. The van der Waals surface area contributed by atoms with Gasteiger partial charge in [0.1, 0.15) is 0 Å². The van der Waals surface area contributed by atoms with E-state index < -0.39 is 0 Å². The van der Waals surface area contributed by atoms with Crippen molar-refractivity contribution >= 4 is 5.91 Å². The topological polar surface area (TPSA) is 33.2 Å². The van der Waals surface area contributed by atoms with Gasteiger partial charge in [0.15, 0.2) is 0 Å². The van der Waals surface area contributed by atoms with E-state index in [2.05, 4.69) is 4.98 Å². The summed E-state index contributed by atoms with van der Waals surface area (Å²) in [5, 5.41) is 0. The molecule has 68 valence electrons. The number of fused-ring (bicyclic) bond motifs is 1. The Bertz CT molecular complexity index is 371. The summed E-state index contributed by atoms with van der Waals surface area (Å²) < 4.78 is 0. The van der Waals surface area contributed by atoms with Gasteiger partial charge in [-0.15, -0.1) is 0 Å². The first-order valence-electron chi connectivity index (χ1n) is 4.28. The molecule has 0 atom stereocenters. The van der Waals surface area contributed by atoms with Crippen LogP contribution in [0.1, 0.15) is 29.8 Å². The normalized spacial score (nSPS) is 19.0. The van der Waals surface area contributed by atoms with Gasteiger partial charge in [0.25, 0.3) is 5.91 Å². The predicted octanol–water partition coefficient (Wildman–Crippen LogP) is 1.40. The average molecular weight is 176 g/mol. The number of rotatable bonds is 0. The van der Waals surface area contributed by atoms with Crippen molar-refractivity contribution in [1.29, 1.82) is 0 Å². The molecule has 13 heavy (non-hydrogen) atoms. The molecule has 3 heteroatoms. The quantitative estimate of drug-likeness (QED) is 0.598. The molecule has 0 bridgehead atoms. The van der Waals surface area contributed by atoms with Crippen LogP contribution in [-0.2, 0) is 5.54 Å². The SMILES string of the molecule is CN1C(=O)c2cnccc2C1(C)C. The number of pyridine rings is 1. The van der Waals surface area contributed by atoms with Crippen molar-refractivity contribution in [3.63, 3.8) is 0 Å². The Morgan fingerprint density at radius 1 is 1.46 bits per heavy atom. The van der Waals surface area contributed by atoms with Crippen LogP contribution in [0.15, 0.2) is 18.5 Å². The molecule has 1 aliphatic rings. The number of hydrogen-bond acceptors (Lipinski definition) is 2. The zero-order valence-corrected chi connectivity index (χ0v) is 8.03. The predicted molar refractivity (Wildman–Crippen MR) is 49.4 cm³/mol. The van der Waals surface area contributed by atoms with Crippen molar-refractivity contribution in [1.82, 2.24) is 9.88 Å². The summed E-state index contributed by atoms with van der Waals surface area (Å²) in [5.74, 6) is 0.0631. The summed E-state index contributed by atoms with van der Waals surface area (Å²) in [7, 11) is 1.82. The molecule has 3 nitrogen and oxygen atoms in total. The second kappa shape index (κ2) is 2.31. The van der Waals surface area contributed by atoms with Crippen molar-refractivity contribution in [2.24, 2.45) is 0 Å². The fourth-order valence-electron chi connectivity index (χ4n) is 1.71. The maximum absolute atomic E-state index is 11.7. The summed E-state index contributed by atoms with van der Waals surface area (Å²) >= 11 is 0. The van der Waals surface area contributed by atoms with Crippen molar-refractivity contribution in [2.75, 3.05) is 7.05 Å². The first kappa shape index (κ1) is 8.23.